The van der Waals surface area contributed by atoms with E-state index in [4.69, 9.17) is 9.84 Å². The fraction of sp³-hybridized carbons (Fsp3) is 0.214. The Morgan fingerprint density at radius 1 is 1.05 bits per heavy atom. The van der Waals surface area contributed by atoms with Crippen molar-refractivity contribution in [3.63, 3.8) is 0 Å². The van der Waals surface area contributed by atoms with Gasteiger partial charge in [-0.25, -0.2) is 13.1 Å². The molecule has 0 radical (unpaired) electrons. The molecular formula is C28H29N7O5S. The number of rotatable bonds is 10. The standard InChI is InChI=1S/C28H29N7O5S/c1-20-25(28(33-16-6-7-17-33)34(31-20)22-8-4-3-5-9-22)19-29-30-26-15-12-23(35(36)37)18-27(26)41(38,39)32-21-10-13-24(40-2)14-11-21/h3-5,8-15,18-19,30,32H,6-7,16-17H2,1-2H3. The number of hydrogen-bond donors (Lipinski definition) is 2. The van der Waals surface area contributed by atoms with Crippen LogP contribution in [0.4, 0.5) is 22.9 Å². The van der Waals surface area contributed by atoms with E-state index in [0.29, 0.717) is 5.75 Å². The summed E-state index contributed by atoms with van der Waals surface area (Å²) < 4.78 is 36.2. The van der Waals surface area contributed by atoms with Gasteiger partial charge in [-0.2, -0.15) is 10.2 Å². The number of anilines is 3. The van der Waals surface area contributed by atoms with Crippen molar-refractivity contribution in [1.82, 2.24) is 9.78 Å². The maximum absolute atomic E-state index is 13.4. The monoisotopic (exact) mass is 575 g/mol. The molecule has 4 aromatic rings. The first-order valence-electron chi connectivity index (χ1n) is 12.9. The van der Waals surface area contributed by atoms with Crippen LogP contribution in [0.2, 0.25) is 0 Å². The second-order valence-corrected chi connectivity index (χ2v) is 11.1. The number of nitro benzene ring substituents is 1. The molecule has 0 unspecified atom stereocenters. The Morgan fingerprint density at radius 2 is 1.76 bits per heavy atom. The van der Waals surface area contributed by atoms with Crippen molar-refractivity contribution in [2.45, 2.75) is 24.7 Å². The lowest BCUT2D eigenvalue weighted by Gasteiger charge is -2.20. The number of methoxy groups -OCH3 is 1. The zero-order valence-electron chi connectivity index (χ0n) is 22.5. The van der Waals surface area contributed by atoms with Crippen molar-refractivity contribution >= 4 is 39.1 Å². The van der Waals surface area contributed by atoms with E-state index < -0.39 is 14.9 Å². The summed E-state index contributed by atoms with van der Waals surface area (Å²) in [5.41, 5.74) is 5.20. The van der Waals surface area contributed by atoms with Gasteiger partial charge < -0.3 is 9.64 Å². The molecule has 1 aromatic heterocycles. The van der Waals surface area contributed by atoms with Crippen LogP contribution in [-0.4, -0.2) is 49.5 Å². The Labute approximate surface area is 237 Å². The predicted molar refractivity (Wildman–Crippen MR) is 158 cm³/mol. The Bertz CT molecular complexity index is 1680. The maximum Gasteiger partial charge on any atom is 0.270 e. The highest BCUT2D eigenvalue weighted by Gasteiger charge is 2.25. The van der Waals surface area contributed by atoms with Gasteiger partial charge in [0.1, 0.15) is 16.5 Å². The van der Waals surface area contributed by atoms with Crippen LogP contribution in [0.15, 0.2) is 82.8 Å². The van der Waals surface area contributed by atoms with Crippen molar-refractivity contribution < 1.29 is 18.1 Å². The van der Waals surface area contributed by atoms with Crippen molar-refractivity contribution in [2.24, 2.45) is 5.10 Å². The van der Waals surface area contributed by atoms with Gasteiger partial charge in [-0.1, -0.05) is 18.2 Å². The Morgan fingerprint density at radius 3 is 2.41 bits per heavy atom. The van der Waals surface area contributed by atoms with Gasteiger partial charge in [0.15, 0.2) is 0 Å². The molecule has 5 rings (SSSR count). The Kier molecular flexibility index (Phi) is 7.88. The van der Waals surface area contributed by atoms with E-state index in [0.717, 1.165) is 54.8 Å². The van der Waals surface area contributed by atoms with Crippen LogP contribution in [0, 0.1) is 17.0 Å². The number of aromatic nitrogens is 2. The van der Waals surface area contributed by atoms with E-state index in [1.165, 1.54) is 31.4 Å². The van der Waals surface area contributed by atoms with E-state index in [-0.39, 0.29) is 22.0 Å². The first kappa shape index (κ1) is 27.6. The summed E-state index contributed by atoms with van der Waals surface area (Å²) in [6.45, 7) is 3.66. The second-order valence-electron chi connectivity index (χ2n) is 9.41. The summed E-state index contributed by atoms with van der Waals surface area (Å²) in [4.78, 5) is 12.7. The zero-order chi connectivity index (χ0) is 29.0. The van der Waals surface area contributed by atoms with Crippen LogP contribution >= 0.6 is 0 Å². The number of nitrogens with zero attached hydrogens (tertiary/aromatic N) is 5. The Balaban J connectivity index is 1.48. The lowest BCUT2D eigenvalue weighted by atomic mass is 10.2. The summed E-state index contributed by atoms with van der Waals surface area (Å²) >= 11 is 0. The molecule has 12 nitrogen and oxygen atoms in total. The maximum atomic E-state index is 13.4. The number of hydrogen-bond acceptors (Lipinski definition) is 9. The van der Waals surface area contributed by atoms with E-state index in [2.05, 4.69) is 20.1 Å². The smallest absolute Gasteiger partial charge is 0.270 e. The summed E-state index contributed by atoms with van der Waals surface area (Å²) in [7, 11) is -2.73. The molecular weight excluding hydrogens is 546 g/mol. The van der Waals surface area contributed by atoms with Crippen molar-refractivity contribution in [2.75, 3.05) is 35.2 Å². The first-order valence-corrected chi connectivity index (χ1v) is 14.4. The van der Waals surface area contributed by atoms with Crippen molar-refractivity contribution in [3.8, 4) is 11.4 Å². The zero-order valence-corrected chi connectivity index (χ0v) is 23.3. The number of benzene rings is 3. The SMILES string of the molecule is COc1ccc(NS(=O)(=O)c2cc([N+](=O)[O-])ccc2NN=Cc2c(C)nn(-c3ccccc3)c2N2CCCC2)cc1. The molecule has 41 heavy (non-hydrogen) atoms. The summed E-state index contributed by atoms with van der Waals surface area (Å²) in [6.07, 6.45) is 3.74. The molecule has 3 aromatic carbocycles. The molecule has 0 atom stereocenters. The average Bonchev–Trinajstić information content (AvgIpc) is 3.62. The minimum absolute atomic E-state index is 0.0729. The number of nitrogens with one attached hydrogen (secondary N) is 2. The van der Waals surface area contributed by atoms with Crippen LogP contribution in [0.25, 0.3) is 5.69 Å². The van der Waals surface area contributed by atoms with Gasteiger partial charge in [0, 0.05) is 30.9 Å². The van der Waals surface area contributed by atoms with Crippen LogP contribution in [0.1, 0.15) is 24.1 Å². The molecule has 0 aliphatic carbocycles. The molecule has 1 fully saturated rings. The highest BCUT2D eigenvalue weighted by molar-refractivity contribution is 7.92. The quantitative estimate of drug-likeness (QED) is 0.154. The van der Waals surface area contributed by atoms with Crippen LogP contribution in [0.5, 0.6) is 5.75 Å². The molecule has 1 aliphatic rings. The van der Waals surface area contributed by atoms with Gasteiger partial charge in [-0.3, -0.25) is 20.3 Å². The largest absolute Gasteiger partial charge is 0.497 e. The number of non-ortho nitro benzene ring substituents is 1. The molecule has 2 heterocycles. The number of nitro groups is 1. The molecule has 0 bridgehead atoms. The van der Waals surface area contributed by atoms with Gasteiger partial charge in [-0.05, 0) is 62.2 Å². The molecule has 2 N–H and O–H groups in total. The second kappa shape index (κ2) is 11.7. The summed E-state index contributed by atoms with van der Waals surface area (Å²) in [5.74, 6) is 1.45. The third kappa shape index (κ3) is 5.99. The van der Waals surface area contributed by atoms with Gasteiger partial charge in [-0.15, -0.1) is 0 Å². The van der Waals surface area contributed by atoms with Crippen molar-refractivity contribution in [1.29, 1.82) is 0 Å². The van der Waals surface area contributed by atoms with Gasteiger partial charge in [0.2, 0.25) is 0 Å². The average molecular weight is 576 g/mol. The fourth-order valence-electron chi connectivity index (χ4n) is 4.64. The number of hydrazone groups is 1. The molecule has 1 aliphatic heterocycles. The predicted octanol–water partition coefficient (Wildman–Crippen LogP) is 4.94. The highest BCUT2D eigenvalue weighted by Crippen LogP contribution is 2.31. The Hall–Kier alpha value is -4.91. The number of aryl methyl sites for hydroxylation is 1. The fourth-order valence-corrected chi connectivity index (χ4v) is 5.87. The van der Waals surface area contributed by atoms with Crippen LogP contribution < -0.4 is 19.8 Å². The molecule has 0 saturated carbocycles. The first-order chi connectivity index (χ1) is 19.8. The number of ether oxygens (including phenoxy) is 1. The minimum Gasteiger partial charge on any atom is -0.497 e. The van der Waals surface area contributed by atoms with E-state index in [9.17, 15) is 18.5 Å². The minimum atomic E-state index is -4.23. The molecule has 13 heteroatoms. The molecule has 1 saturated heterocycles. The highest BCUT2D eigenvalue weighted by atomic mass is 32.2. The topological polar surface area (TPSA) is 144 Å². The van der Waals surface area contributed by atoms with Gasteiger partial charge >= 0.3 is 0 Å². The lowest BCUT2D eigenvalue weighted by molar-refractivity contribution is -0.385. The molecule has 0 amide bonds. The summed E-state index contributed by atoms with van der Waals surface area (Å²) in [6, 6.07) is 19.6. The number of sulfonamides is 1. The normalized spacial score (nSPS) is 13.5. The van der Waals surface area contributed by atoms with Crippen LogP contribution in [0.3, 0.4) is 0 Å². The van der Waals surface area contributed by atoms with Gasteiger partial charge in [0.05, 0.1) is 40.9 Å². The van der Waals surface area contributed by atoms with Crippen LogP contribution in [-0.2, 0) is 10.0 Å². The van der Waals surface area contributed by atoms with E-state index >= 15 is 0 Å². The molecule has 212 valence electrons. The lowest BCUT2D eigenvalue weighted by Crippen LogP contribution is -2.22. The van der Waals surface area contributed by atoms with E-state index in [1.807, 2.05) is 41.9 Å². The third-order valence-electron chi connectivity index (χ3n) is 6.67. The third-order valence-corrected chi connectivity index (χ3v) is 8.10. The van der Waals surface area contributed by atoms with E-state index in [1.54, 1.807) is 18.3 Å². The van der Waals surface area contributed by atoms with Crippen molar-refractivity contribution in [3.05, 3.63) is 94.2 Å². The van der Waals surface area contributed by atoms with Gasteiger partial charge in [0.25, 0.3) is 15.7 Å². The molecule has 0 spiro atoms. The summed E-state index contributed by atoms with van der Waals surface area (Å²) in [5, 5.41) is 20.6. The number of para-hydroxylation sites is 1.